The average Bonchev–Trinajstić information content (AvgIpc) is 2.94. The maximum Gasteiger partial charge on any atom is 0.254 e. The molecule has 0 spiro atoms. The first kappa shape index (κ1) is 17.0. The summed E-state index contributed by atoms with van der Waals surface area (Å²) in [5.74, 6) is 1.05. The van der Waals surface area contributed by atoms with E-state index in [0.29, 0.717) is 48.4 Å². The summed E-state index contributed by atoms with van der Waals surface area (Å²) in [7, 11) is 0. The van der Waals surface area contributed by atoms with Crippen LogP contribution in [0.1, 0.15) is 16.8 Å². The number of nitrogens with zero attached hydrogens (tertiary/aromatic N) is 3. The molecular formula is C19H20ClN3O3. The van der Waals surface area contributed by atoms with Gasteiger partial charge in [0, 0.05) is 56.2 Å². The van der Waals surface area contributed by atoms with Crippen LogP contribution in [0.5, 0.6) is 11.5 Å². The molecule has 2 aliphatic rings. The van der Waals surface area contributed by atoms with E-state index in [4.69, 9.17) is 21.1 Å². The molecule has 1 aromatic heterocycles. The van der Waals surface area contributed by atoms with Gasteiger partial charge in [-0.15, -0.1) is 0 Å². The van der Waals surface area contributed by atoms with Gasteiger partial charge in [0.25, 0.3) is 5.91 Å². The van der Waals surface area contributed by atoms with Crippen molar-refractivity contribution in [3.8, 4) is 11.5 Å². The van der Waals surface area contributed by atoms with Crippen molar-refractivity contribution >= 4 is 23.2 Å². The number of aromatic nitrogens is 1. The molecule has 6 nitrogen and oxygen atoms in total. The topological polar surface area (TPSA) is 54.9 Å². The number of hydrogen-bond donors (Lipinski definition) is 0. The van der Waals surface area contributed by atoms with Gasteiger partial charge in [0.1, 0.15) is 0 Å². The molecule has 0 saturated carbocycles. The molecule has 0 N–H and O–H groups in total. The van der Waals surface area contributed by atoms with E-state index in [1.54, 1.807) is 24.5 Å². The first-order valence-corrected chi connectivity index (χ1v) is 9.13. The summed E-state index contributed by atoms with van der Waals surface area (Å²) in [5, 5.41) is 0.420. The number of amides is 1. The summed E-state index contributed by atoms with van der Waals surface area (Å²) in [4.78, 5) is 21.1. The molecule has 1 amide bonds. The van der Waals surface area contributed by atoms with Crippen molar-refractivity contribution in [1.29, 1.82) is 0 Å². The number of benzene rings is 1. The number of halogens is 1. The summed E-state index contributed by atoms with van der Waals surface area (Å²) >= 11 is 6.32. The second kappa shape index (κ2) is 7.41. The molecule has 7 heteroatoms. The van der Waals surface area contributed by atoms with Gasteiger partial charge >= 0.3 is 0 Å². The van der Waals surface area contributed by atoms with Crippen molar-refractivity contribution in [2.45, 2.75) is 6.42 Å². The molecule has 26 heavy (non-hydrogen) atoms. The fraction of sp³-hybridized carbons (Fsp3) is 0.368. The van der Waals surface area contributed by atoms with Crippen LogP contribution in [0.4, 0.5) is 5.69 Å². The van der Waals surface area contributed by atoms with E-state index in [2.05, 4.69) is 9.88 Å². The van der Waals surface area contributed by atoms with E-state index >= 15 is 0 Å². The van der Waals surface area contributed by atoms with Gasteiger partial charge < -0.3 is 19.3 Å². The van der Waals surface area contributed by atoms with Crippen molar-refractivity contribution in [2.24, 2.45) is 0 Å². The first-order chi connectivity index (χ1) is 12.7. The minimum absolute atomic E-state index is 0.0306. The Bertz CT molecular complexity index is 792. The SMILES string of the molecule is O=C(c1cc(Cl)c2c(c1)OCCCO2)N1CCN(c2ccncc2)CC1. The van der Waals surface area contributed by atoms with Gasteiger partial charge in [0.2, 0.25) is 0 Å². The van der Waals surface area contributed by atoms with Crippen LogP contribution in [0.25, 0.3) is 0 Å². The molecule has 1 aromatic carbocycles. The maximum absolute atomic E-state index is 12.9. The summed E-state index contributed by atoms with van der Waals surface area (Å²) < 4.78 is 11.3. The molecule has 0 unspecified atom stereocenters. The zero-order valence-electron chi connectivity index (χ0n) is 14.4. The normalized spacial score (nSPS) is 17.0. The molecule has 1 saturated heterocycles. The lowest BCUT2D eigenvalue weighted by molar-refractivity contribution is 0.0746. The van der Waals surface area contributed by atoms with Crippen molar-refractivity contribution < 1.29 is 14.3 Å². The number of carbonyl (C=O) groups is 1. The molecule has 1 fully saturated rings. The molecule has 0 aliphatic carbocycles. The second-order valence-electron chi connectivity index (χ2n) is 6.32. The Labute approximate surface area is 157 Å². The smallest absolute Gasteiger partial charge is 0.254 e. The van der Waals surface area contributed by atoms with E-state index in [1.165, 1.54) is 0 Å². The van der Waals surface area contributed by atoms with E-state index < -0.39 is 0 Å². The van der Waals surface area contributed by atoms with Crippen molar-refractivity contribution in [3.05, 3.63) is 47.2 Å². The quantitative estimate of drug-likeness (QED) is 0.810. The maximum atomic E-state index is 12.9. The van der Waals surface area contributed by atoms with Crippen LogP contribution in [-0.4, -0.2) is 55.2 Å². The molecule has 0 bridgehead atoms. The summed E-state index contributed by atoms with van der Waals surface area (Å²) in [5.41, 5.74) is 1.67. The summed E-state index contributed by atoms with van der Waals surface area (Å²) in [6.07, 6.45) is 4.37. The standard InChI is InChI=1S/C19H20ClN3O3/c20-16-12-14(13-17-18(16)26-11-1-10-25-17)19(24)23-8-6-22(7-9-23)15-2-4-21-5-3-15/h2-5,12-13H,1,6-11H2. The first-order valence-electron chi connectivity index (χ1n) is 8.76. The number of rotatable bonds is 2. The summed E-state index contributed by atoms with van der Waals surface area (Å²) in [6.45, 7) is 4.02. The minimum Gasteiger partial charge on any atom is -0.489 e. The van der Waals surface area contributed by atoms with Crippen molar-refractivity contribution in [2.75, 3.05) is 44.3 Å². The van der Waals surface area contributed by atoms with Gasteiger partial charge in [-0.25, -0.2) is 0 Å². The molecule has 2 aromatic rings. The van der Waals surface area contributed by atoms with Gasteiger partial charge in [0.15, 0.2) is 11.5 Å². The lowest BCUT2D eigenvalue weighted by Crippen LogP contribution is -2.48. The van der Waals surface area contributed by atoms with Gasteiger partial charge in [-0.2, -0.15) is 0 Å². The number of ether oxygens (including phenoxy) is 2. The molecule has 2 aliphatic heterocycles. The van der Waals surface area contributed by atoms with Crippen molar-refractivity contribution in [1.82, 2.24) is 9.88 Å². The number of fused-ring (bicyclic) bond motifs is 1. The van der Waals surface area contributed by atoms with E-state index in [1.807, 2.05) is 17.0 Å². The highest BCUT2D eigenvalue weighted by molar-refractivity contribution is 6.32. The summed E-state index contributed by atoms with van der Waals surface area (Å²) in [6, 6.07) is 7.39. The van der Waals surface area contributed by atoms with Crippen molar-refractivity contribution in [3.63, 3.8) is 0 Å². The Morgan fingerprint density at radius 3 is 2.54 bits per heavy atom. The van der Waals surface area contributed by atoms with Crippen LogP contribution < -0.4 is 14.4 Å². The number of hydrogen-bond acceptors (Lipinski definition) is 5. The Hall–Kier alpha value is -2.47. The molecule has 0 atom stereocenters. The predicted octanol–water partition coefficient (Wildman–Crippen LogP) is 2.86. The van der Waals surface area contributed by atoms with E-state index in [9.17, 15) is 4.79 Å². The Morgan fingerprint density at radius 2 is 1.77 bits per heavy atom. The van der Waals surface area contributed by atoms with Crippen LogP contribution in [0.3, 0.4) is 0 Å². The number of pyridine rings is 1. The highest BCUT2D eigenvalue weighted by Crippen LogP contribution is 2.38. The number of piperazine rings is 1. The largest absolute Gasteiger partial charge is 0.489 e. The Morgan fingerprint density at radius 1 is 1.04 bits per heavy atom. The van der Waals surface area contributed by atoms with E-state index in [-0.39, 0.29) is 5.91 Å². The van der Waals surface area contributed by atoms with Gasteiger partial charge in [-0.05, 0) is 24.3 Å². The lowest BCUT2D eigenvalue weighted by Gasteiger charge is -2.36. The third-order valence-electron chi connectivity index (χ3n) is 4.64. The van der Waals surface area contributed by atoms with Crippen LogP contribution in [-0.2, 0) is 0 Å². The minimum atomic E-state index is -0.0306. The van der Waals surface area contributed by atoms with Crippen LogP contribution in [0.15, 0.2) is 36.7 Å². The van der Waals surface area contributed by atoms with Crippen LogP contribution in [0, 0.1) is 0 Å². The molecule has 3 heterocycles. The molecule has 4 rings (SSSR count). The molecule has 0 radical (unpaired) electrons. The Balaban J connectivity index is 1.47. The highest BCUT2D eigenvalue weighted by atomic mass is 35.5. The van der Waals surface area contributed by atoms with Crippen LogP contribution in [0.2, 0.25) is 5.02 Å². The number of anilines is 1. The van der Waals surface area contributed by atoms with Gasteiger partial charge in [0.05, 0.1) is 18.2 Å². The van der Waals surface area contributed by atoms with E-state index in [0.717, 1.165) is 25.2 Å². The highest BCUT2D eigenvalue weighted by Gasteiger charge is 2.25. The fourth-order valence-corrected chi connectivity index (χ4v) is 3.52. The monoisotopic (exact) mass is 373 g/mol. The Kier molecular flexibility index (Phi) is 4.84. The van der Waals surface area contributed by atoms with Gasteiger partial charge in [-0.1, -0.05) is 11.6 Å². The predicted molar refractivity (Wildman–Crippen MR) is 99.4 cm³/mol. The molecular weight excluding hydrogens is 354 g/mol. The third-order valence-corrected chi connectivity index (χ3v) is 4.92. The third kappa shape index (κ3) is 3.42. The lowest BCUT2D eigenvalue weighted by atomic mass is 10.1. The number of carbonyl (C=O) groups excluding carboxylic acids is 1. The zero-order valence-corrected chi connectivity index (χ0v) is 15.1. The average molecular weight is 374 g/mol. The zero-order chi connectivity index (χ0) is 17.9. The van der Waals surface area contributed by atoms with Crippen LogP contribution >= 0.6 is 11.6 Å². The second-order valence-corrected chi connectivity index (χ2v) is 6.73. The fourth-order valence-electron chi connectivity index (χ4n) is 3.26. The molecule has 136 valence electrons. The van der Waals surface area contributed by atoms with Gasteiger partial charge in [-0.3, -0.25) is 9.78 Å².